The number of nitrogens with one attached hydrogen (secondary N) is 1. The number of nitrogens with zero attached hydrogens (tertiary/aromatic N) is 2. The molecule has 0 aliphatic carbocycles. The molecule has 0 aliphatic heterocycles. The number of para-hydroxylation sites is 1. The van der Waals surface area contributed by atoms with Gasteiger partial charge in [0.05, 0.1) is 6.20 Å². The van der Waals surface area contributed by atoms with Crippen LogP contribution in [0.3, 0.4) is 0 Å². The molecule has 1 unspecified atom stereocenters. The van der Waals surface area contributed by atoms with Crippen molar-refractivity contribution >= 4 is 11.6 Å². The van der Waals surface area contributed by atoms with Gasteiger partial charge in [-0.1, -0.05) is 31.5 Å². The summed E-state index contributed by atoms with van der Waals surface area (Å²) in [7, 11) is 0. The van der Waals surface area contributed by atoms with Crippen molar-refractivity contribution in [1.82, 2.24) is 15.1 Å². The summed E-state index contributed by atoms with van der Waals surface area (Å²) in [5.74, 6) is -0.0216. The third-order valence-corrected chi connectivity index (χ3v) is 3.34. The maximum Gasteiger partial charge on any atom is 0.241 e. The second kappa shape index (κ2) is 6.92. The van der Waals surface area contributed by atoms with Crippen molar-refractivity contribution in [2.75, 3.05) is 5.73 Å². The lowest BCUT2D eigenvalue weighted by Gasteiger charge is -2.12. The molecule has 5 nitrogen and oxygen atoms in total. The van der Waals surface area contributed by atoms with Gasteiger partial charge in [0.25, 0.3) is 0 Å². The Balaban J connectivity index is 2.01. The van der Waals surface area contributed by atoms with E-state index < -0.39 is 0 Å². The molecule has 2 aromatic rings. The fraction of sp³-hybridized carbons (Fsp3) is 0.375. The Kier molecular flexibility index (Phi) is 4.98. The third-order valence-electron chi connectivity index (χ3n) is 3.34. The first-order chi connectivity index (χ1) is 10.1. The van der Waals surface area contributed by atoms with Gasteiger partial charge >= 0.3 is 0 Å². The van der Waals surface area contributed by atoms with E-state index in [0.717, 1.165) is 24.0 Å². The van der Waals surface area contributed by atoms with E-state index in [2.05, 4.69) is 17.3 Å². The van der Waals surface area contributed by atoms with Gasteiger partial charge in [-0.25, -0.2) is 0 Å². The fourth-order valence-electron chi connectivity index (χ4n) is 2.32. The number of carbonyl (C=O) groups excluding carboxylic acids is 1. The van der Waals surface area contributed by atoms with E-state index in [0.29, 0.717) is 5.69 Å². The van der Waals surface area contributed by atoms with Gasteiger partial charge in [0.15, 0.2) is 0 Å². The average molecular weight is 286 g/mol. The van der Waals surface area contributed by atoms with Crippen molar-refractivity contribution in [2.45, 2.75) is 39.3 Å². The lowest BCUT2D eigenvalue weighted by Crippen LogP contribution is -2.35. The average Bonchev–Trinajstić information content (AvgIpc) is 2.87. The smallest absolute Gasteiger partial charge is 0.241 e. The van der Waals surface area contributed by atoms with Gasteiger partial charge in [-0.15, -0.1) is 0 Å². The van der Waals surface area contributed by atoms with Crippen LogP contribution in [0.25, 0.3) is 11.1 Å². The number of carbonyl (C=O) groups is 1. The molecule has 112 valence electrons. The van der Waals surface area contributed by atoms with Crippen molar-refractivity contribution in [3.63, 3.8) is 0 Å². The van der Waals surface area contributed by atoms with Crippen LogP contribution in [0.4, 0.5) is 5.69 Å². The highest BCUT2D eigenvalue weighted by Gasteiger charge is 2.09. The van der Waals surface area contributed by atoms with E-state index >= 15 is 0 Å². The number of aromatic nitrogens is 2. The summed E-state index contributed by atoms with van der Waals surface area (Å²) in [5, 5.41) is 7.19. The van der Waals surface area contributed by atoms with Gasteiger partial charge < -0.3 is 11.1 Å². The molecule has 1 atom stereocenters. The van der Waals surface area contributed by atoms with Crippen molar-refractivity contribution < 1.29 is 4.79 Å². The Morgan fingerprint density at radius 3 is 2.90 bits per heavy atom. The molecule has 2 rings (SSSR count). The standard InChI is InChI=1S/C16H22N4O/c1-3-6-12(2)19-16(21)11-20-10-13(9-18-20)14-7-4-5-8-15(14)17/h4-5,7-10,12H,3,6,11,17H2,1-2H3,(H,19,21). The van der Waals surface area contributed by atoms with Crippen LogP contribution >= 0.6 is 0 Å². The minimum atomic E-state index is -0.0216. The monoisotopic (exact) mass is 286 g/mol. The summed E-state index contributed by atoms with van der Waals surface area (Å²) in [5.41, 5.74) is 8.51. The molecular formula is C16H22N4O. The Morgan fingerprint density at radius 2 is 2.19 bits per heavy atom. The molecule has 0 spiro atoms. The van der Waals surface area contributed by atoms with E-state index in [1.54, 1.807) is 10.9 Å². The summed E-state index contributed by atoms with van der Waals surface area (Å²) in [6.07, 6.45) is 5.61. The van der Waals surface area contributed by atoms with Crippen molar-refractivity contribution in [3.8, 4) is 11.1 Å². The van der Waals surface area contributed by atoms with Crippen molar-refractivity contribution in [2.24, 2.45) is 0 Å². The largest absolute Gasteiger partial charge is 0.398 e. The Labute approximate surface area is 125 Å². The normalized spacial score (nSPS) is 12.1. The Hall–Kier alpha value is -2.30. The van der Waals surface area contributed by atoms with Crippen molar-refractivity contribution in [3.05, 3.63) is 36.7 Å². The second-order valence-corrected chi connectivity index (χ2v) is 5.27. The third kappa shape index (κ3) is 4.08. The summed E-state index contributed by atoms with van der Waals surface area (Å²) in [4.78, 5) is 11.9. The fourth-order valence-corrected chi connectivity index (χ4v) is 2.32. The molecular weight excluding hydrogens is 264 g/mol. The maximum absolute atomic E-state index is 11.9. The number of anilines is 1. The molecule has 21 heavy (non-hydrogen) atoms. The van der Waals surface area contributed by atoms with Crippen LogP contribution in [0.5, 0.6) is 0 Å². The lowest BCUT2D eigenvalue weighted by molar-refractivity contribution is -0.122. The van der Waals surface area contributed by atoms with Gasteiger partial charge in [-0.05, 0) is 19.4 Å². The van der Waals surface area contributed by atoms with E-state index in [-0.39, 0.29) is 18.5 Å². The molecule has 1 heterocycles. The molecule has 0 bridgehead atoms. The highest BCUT2D eigenvalue weighted by Crippen LogP contribution is 2.24. The number of nitrogen functional groups attached to an aromatic ring is 1. The van der Waals surface area contributed by atoms with Crippen LogP contribution < -0.4 is 11.1 Å². The SMILES string of the molecule is CCCC(C)NC(=O)Cn1cc(-c2ccccc2N)cn1. The van der Waals surface area contributed by atoms with E-state index in [9.17, 15) is 4.79 Å². The predicted octanol–water partition coefficient (Wildman–Crippen LogP) is 2.44. The first kappa shape index (κ1) is 15.1. The number of benzene rings is 1. The number of hydrogen-bond donors (Lipinski definition) is 2. The molecule has 3 N–H and O–H groups in total. The summed E-state index contributed by atoms with van der Waals surface area (Å²) in [6.45, 7) is 4.34. The highest BCUT2D eigenvalue weighted by atomic mass is 16.2. The van der Waals surface area contributed by atoms with Crippen molar-refractivity contribution in [1.29, 1.82) is 0 Å². The van der Waals surface area contributed by atoms with E-state index in [1.807, 2.05) is 37.4 Å². The number of hydrogen-bond acceptors (Lipinski definition) is 3. The van der Waals surface area contributed by atoms with Gasteiger partial charge in [0, 0.05) is 29.1 Å². The maximum atomic E-state index is 11.9. The van der Waals surface area contributed by atoms with Gasteiger partial charge in [0.2, 0.25) is 5.91 Å². The quantitative estimate of drug-likeness (QED) is 0.801. The summed E-state index contributed by atoms with van der Waals surface area (Å²) >= 11 is 0. The van der Waals surface area contributed by atoms with Crippen LogP contribution in [-0.2, 0) is 11.3 Å². The van der Waals surface area contributed by atoms with E-state index in [4.69, 9.17) is 5.73 Å². The van der Waals surface area contributed by atoms with Crippen LogP contribution in [0.2, 0.25) is 0 Å². The molecule has 0 aliphatic rings. The number of nitrogens with two attached hydrogens (primary N) is 1. The molecule has 0 radical (unpaired) electrons. The first-order valence-corrected chi connectivity index (χ1v) is 7.27. The molecule has 1 aromatic heterocycles. The lowest BCUT2D eigenvalue weighted by atomic mass is 10.1. The Morgan fingerprint density at radius 1 is 1.43 bits per heavy atom. The minimum absolute atomic E-state index is 0.0216. The molecule has 1 amide bonds. The van der Waals surface area contributed by atoms with E-state index in [1.165, 1.54) is 0 Å². The predicted molar refractivity (Wildman–Crippen MR) is 84.6 cm³/mol. The highest BCUT2D eigenvalue weighted by molar-refractivity contribution is 5.77. The number of amides is 1. The number of rotatable bonds is 6. The topological polar surface area (TPSA) is 72.9 Å². The zero-order valence-electron chi connectivity index (χ0n) is 12.5. The first-order valence-electron chi connectivity index (χ1n) is 7.27. The van der Waals surface area contributed by atoms with Crippen LogP contribution in [-0.4, -0.2) is 21.7 Å². The van der Waals surface area contributed by atoms with Crippen LogP contribution in [0, 0.1) is 0 Å². The zero-order chi connectivity index (χ0) is 15.2. The summed E-state index contributed by atoms with van der Waals surface area (Å²) in [6, 6.07) is 7.82. The van der Waals surface area contributed by atoms with Gasteiger partial charge in [-0.3, -0.25) is 9.48 Å². The minimum Gasteiger partial charge on any atom is -0.398 e. The second-order valence-electron chi connectivity index (χ2n) is 5.27. The van der Waals surface area contributed by atoms with Crippen LogP contribution in [0.15, 0.2) is 36.7 Å². The zero-order valence-corrected chi connectivity index (χ0v) is 12.5. The molecule has 0 fully saturated rings. The van der Waals surface area contributed by atoms with Gasteiger partial charge in [0.1, 0.15) is 6.54 Å². The molecule has 0 saturated carbocycles. The Bertz CT molecular complexity index is 606. The van der Waals surface area contributed by atoms with Crippen LogP contribution in [0.1, 0.15) is 26.7 Å². The van der Waals surface area contributed by atoms with Gasteiger partial charge in [-0.2, -0.15) is 5.10 Å². The summed E-state index contributed by atoms with van der Waals surface area (Å²) < 4.78 is 1.63. The molecule has 1 aromatic carbocycles. The molecule has 0 saturated heterocycles. The molecule has 5 heteroatoms.